The number of aryl methyl sites for hydroxylation is 1. The van der Waals surface area contributed by atoms with Gasteiger partial charge in [0, 0.05) is 36.5 Å². The van der Waals surface area contributed by atoms with Gasteiger partial charge in [-0.1, -0.05) is 13.0 Å². The van der Waals surface area contributed by atoms with E-state index in [2.05, 4.69) is 30.2 Å². The number of nitrogens with one attached hydrogen (secondary N) is 1. The molecular formula is C23H32N2O4S. The molecule has 1 aromatic heterocycles. The van der Waals surface area contributed by atoms with Gasteiger partial charge < -0.3 is 25.0 Å². The van der Waals surface area contributed by atoms with Gasteiger partial charge in [-0.15, -0.1) is 11.3 Å². The Morgan fingerprint density at radius 2 is 2.23 bits per heavy atom. The summed E-state index contributed by atoms with van der Waals surface area (Å²) in [7, 11) is 1.92. The number of aromatic nitrogens is 1. The quantitative estimate of drug-likeness (QED) is 0.619. The van der Waals surface area contributed by atoms with Gasteiger partial charge in [-0.25, -0.2) is 4.98 Å². The molecular weight excluding hydrogens is 400 g/mol. The smallest absolute Gasteiger partial charge is 0.125 e. The largest absolute Gasteiger partial charge is 0.493 e. The van der Waals surface area contributed by atoms with E-state index >= 15 is 0 Å². The minimum Gasteiger partial charge on any atom is -0.493 e. The van der Waals surface area contributed by atoms with E-state index in [4.69, 9.17) is 9.47 Å². The highest BCUT2D eigenvalue weighted by atomic mass is 32.1. The lowest BCUT2D eigenvalue weighted by Crippen LogP contribution is -2.41. The zero-order chi connectivity index (χ0) is 21.3. The van der Waals surface area contributed by atoms with Gasteiger partial charge in [-0.3, -0.25) is 0 Å². The highest BCUT2D eigenvalue weighted by molar-refractivity contribution is 7.09. The Morgan fingerprint density at radius 3 is 2.93 bits per heavy atom. The van der Waals surface area contributed by atoms with Crippen LogP contribution >= 0.6 is 11.3 Å². The molecule has 2 aliphatic rings. The molecule has 0 bridgehead atoms. The molecule has 0 amide bonds. The number of ether oxygens (including phenoxy) is 2. The van der Waals surface area contributed by atoms with Crippen molar-refractivity contribution in [2.24, 2.45) is 11.8 Å². The molecule has 1 saturated heterocycles. The van der Waals surface area contributed by atoms with E-state index < -0.39 is 11.7 Å². The Balaban J connectivity index is 1.41. The molecule has 1 aliphatic heterocycles. The summed E-state index contributed by atoms with van der Waals surface area (Å²) >= 11 is 1.54. The normalized spacial score (nSPS) is 30.8. The van der Waals surface area contributed by atoms with Crippen molar-refractivity contribution in [2.75, 3.05) is 19.0 Å². The maximum absolute atomic E-state index is 10.7. The number of benzene rings is 1. The van der Waals surface area contributed by atoms with Gasteiger partial charge in [0.25, 0.3) is 0 Å². The van der Waals surface area contributed by atoms with Gasteiger partial charge in [-0.2, -0.15) is 0 Å². The molecule has 4 rings (SSSR count). The van der Waals surface area contributed by atoms with Gasteiger partial charge in [0.15, 0.2) is 0 Å². The van der Waals surface area contributed by atoms with Crippen LogP contribution in [-0.2, 0) is 23.4 Å². The van der Waals surface area contributed by atoms with Crippen LogP contribution in [-0.4, -0.2) is 41.1 Å². The third-order valence-corrected chi connectivity index (χ3v) is 7.84. The van der Waals surface area contributed by atoms with Gasteiger partial charge in [-0.05, 0) is 43.7 Å². The average Bonchev–Trinajstić information content (AvgIpc) is 3.36. The fourth-order valence-corrected chi connectivity index (χ4v) is 5.86. The molecule has 1 saturated carbocycles. The zero-order valence-corrected chi connectivity index (χ0v) is 18.7. The molecule has 0 spiro atoms. The van der Waals surface area contributed by atoms with Crippen LogP contribution < -0.4 is 10.1 Å². The van der Waals surface area contributed by atoms with Gasteiger partial charge in [0.2, 0.25) is 0 Å². The third kappa shape index (κ3) is 4.08. The van der Waals surface area contributed by atoms with Crippen molar-refractivity contribution in [3.8, 4) is 5.75 Å². The minimum absolute atomic E-state index is 0.00385. The second-order valence-corrected chi connectivity index (χ2v) is 9.45. The first kappa shape index (κ1) is 21.6. The van der Waals surface area contributed by atoms with Crippen molar-refractivity contribution in [3.05, 3.63) is 39.8 Å². The van der Waals surface area contributed by atoms with E-state index in [1.165, 1.54) is 16.9 Å². The van der Waals surface area contributed by atoms with Crippen molar-refractivity contribution in [2.45, 2.75) is 63.9 Å². The molecule has 5 atom stereocenters. The maximum atomic E-state index is 10.7. The first-order valence-corrected chi connectivity index (χ1v) is 11.7. The molecule has 2 fully saturated rings. The molecule has 2 heterocycles. The first-order valence-electron chi connectivity index (χ1n) is 10.8. The molecule has 6 nitrogen and oxygen atoms in total. The van der Waals surface area contributed by atoms with E-state index in [-0.39, 0.29) is 24.5 Å². The molecule has 0 unspecified atom stereocenters. The number of nitrogens with zero attached hydrogens (tertiary/aromatic N) is 1. The highest BCUT2D eigenvalue weighted by Crippen LogP contribution is 2.48. The van der Waals surface area contributed by atoms with Crippen molar-refractivity contribution >= 4 is 17.0 Å². The van der Waals surface area contributed by atoms with Crippen molar-refractivity contribution in [1.82, 2.24) is 4.98 Å². The molecule has 3 N–H and O–H groups in total. The zero-order valence-electron chi connectivity index (χ0n) is 17.9. The third-order valence-electron chi connectivity index (χ3n) is 6.70. The molecule has 1 aromatic carbocycles. The fraction of sp³-hybridized carbons (Fsp3) is 0.609. The van der Waals surface area contributed by atoms with Gasteiger partial charge >= 0.3 is 0 Å². The van der Waals surface area contributed by atoms with Crippen LogP contribution in [0.4, 0.5) is 5.69 Å². The van der Waals surface area contributed by atoms with E-state index in [0.717, 1.165) is 35.7 Å². The SMILES string of the molecule is CCc1ccc(OC[C@@H]2[C@H]3CC[C@](C)(c4nc(CO)cs4)O[C@H]3C[C@@H]2O)cc1NC. The molecule has 164 valence electrons. The summed E-state index contributed by atoms with van der Waals surface area (Å²) in [6.07, 6.45) is 3.00. The number of hydrogen-bond donors (Lipinski definition) is 3. The number of aliphatic hydroxyl groups is 2. The van der Waals surface area contributed by atoms with Crippen LogP contribution in [0.1, 0.15) is 49.4 Å². The van der Waals surface area contributed by atoms with Crippen molar-refractivity contribution < 1.29 is 19.7 Å². The van der Waals surface area contributed by atoms with E-state index in [1.807, 2.05) is 24.6 Å². The number of fused-ring (bicyclic) bond motifs is 1. The highest BCUT2D eigenvalue weighted by Gasteiger charge is 2.50. The maximum Gasteiger partial charge on any atom is 0.125 e. The van der Waals surface area contributed by atoms with Crippen LogP contribution in [0.25, 0.3) is 0 Å². The second kappa shape index (κ2) is 8.83. The lowest BCUT2D eigenvalue weighted by atomic mass is 9.83. The van der Waals surface area contributed by atoms with Crippen molar-refractivity contribution in [3.63, 3.8) is 0 Å². The van der Waals surface area contributed by atoms with Gasteiger partial charge in [0.1, 0.15) is 16.4 Å². The summed E-state index contributed by atoms with van der Waals surface area (Å²) in [4.78, 5) is 4.53. The lowest BCUT2D eigenvalue weighted by Gasteiger charge is -2.40. The van der Waals surface area contributed by atoms with Crippen LogP contribution in [0.3, 0.4) is 0 Å². The number of hydrogen-bond acceptors (Lipinski definition) is 7. The van der Waals surface area contributed by atoms with E-state index in [9.17, 15) is 10.2 Å². The van der Waals surface area contributed by atoms with Crippen LogP contribution in [0.15, 0.2) is 23.6 Å². The molecule has 30 heavy (non-hydrogen) atoms. The van der Waals surface area contributed by atoms with Crippen LogP contribution in [0, 0.1) is 11.8 Å². The summed E-state index contributed by atoms with van der Waals surface area (Å²) in [6.45, 7) is 4.65. The van der Waals surface area contributed by atoms with Crippen LogP contribution in [0.5, 0.6) is 5.75 Å². The summed E-state index contributed by atoms with van der Waals surface area (Å²) in [5.74, 6) is 1.17. The number of anilines is 1. The number of aliphatic hydroxyl groups excluding tert-OH is 2. The van der Waals surface area contributed by atoms with Crippen LogP contribution in [0.2, 0.25) is 0 Å². The Morgan fingerprint density at radius 1 is 1.40 bits per heavy atom. The predicted octanol–water partition coefficient (Wildman–Crippen LogP) is 3.71. The van der Waals surface area contributed by atoms with E-state index in [0.29, 0.717) is 18.7 Å². The van der Waals surface area contributed by atoms with Gasteiger partial charge in [0.05, 0.1) is 31.1 Å². The summed E-state index contributed by atoms with van der Waals surface area (Å²) in [5, 5.41) is 26.1. The minimum atomic E-state index is -0.452. The summed E-state index contributed by atoms with van der Waals surface area (Å²) in [6, 6.07) is 6.14. The molecule has 7 heteroatoms. The van der Waals surface area contributed by atoms with Crippen molar-refractivity contribution in [1.29, 1.82) is 0 Å². The molecule has 2 aromatic rings. The summed E-state index contributed by atoms with van der Waals surface area (Å²) in [5.41, 5.74) is 2.58. The number of rotatable bonds is 7. The first-order chi connectivity index (χ1) is 14.5. The second-order valence-electron chi connectivity index (χ2n) is 8.59. The Bertz CT molecular complexity index is 873. The summed E-state index contributed by atoms with van der Waals surface area (Å²) < 4.78 is 12.6. The van der Waals surface area contributed by atoms with E-state index in [1.54, 1.807) is 0 Å². The standard InChI is InChI=1S/C23H32N2O4S/c1-4-14-5-6-16(9-19(14)24-3)28-12-18-17-7-8-23(2,29-21(17)10-20(18)27)22-25-15(11-26)13-30-22/h5-6,9,13,17-18,20-21,24,26-27H,4,7-8,10-12H2,1-3H3/t17-,18-,20+,21+,23-/m1/s1. The topological polar surface area (TPSA) is 83.8 Å². The Labute approximate surface area is 182 Å². The monoisotopic (exact) mass is 432 g/mol. The molecule has 1 aliphatic carbocycles. The average molecular weight is 433 g/mol. The lowest BCUT2D eigenvalue weighted by molar-refractivity contribution is -0.145. The Hall–Kier alpha value is -1.67. The Kier molecular flexibility index (Phi) is 6.34. The number of thiazole rings is 1. The fourth-order valence-electron chi connectivity index (χ4n) is 4.91. The molecule has 0 radical (unpaired) electrons. The predicted molar refractivity (Wildman–Crippen MR) is 118 cm³/mol.